The summed E-state index contributed by atoms with van der Waals surface area (Å²) in [7, 11) is 0. The number of hydrogen-bond acceptors (Lipinski definition) is 3. The molecule has 7 heteroatoms. The van der Waals surface area contributed by atoms with Crippen LogP contribution < -0.4 is 5.32 Å². The van der Waals surface area contributed by atoms with Crippen molar-refractivity contribution in [1.82, 2.24) is 14.5 Å². The maximum Gasteiger partial charge on any atom is 0.355 e. The topological polar surface area (TPSA) is 65.3 Å². The zero-order valence-corrected chi connectivity index (χ0v) is 15.4. The molecule has 0 fully saturated rings. The Bertz CT molecular complexity index is 957. The number of carbonyl (C=O) groups is 2. The van der Waals surface area contributed by atoms with Gasteiger partial charge in [-0.05, 0) is 49.7 Å². The van der Waals surface area contributed by atoms with Crippen molar-refractivity contribution in [1.29, 1.82) is 0 Å². The van der Waals surface area contributed by atoms with E-state index in [1.54, 1.807) is 29.7 Å². The summed E-state index contributed by atoms with van der Waals surface area (Å²) in [5, 5.41) is 2.82. The highest BCUT2D eigenvalue weighted by atomic mass is 19.1. The van der Waals surface area contributed by atoms with Gasteiger partial charge in [-0.2, -0.15) is 0 Å². The number of nitrogens with zero attached hydrogens (tertiary/aromatic N) is 2. The van der Waals surface area contributed by atoms with Crippen LogP contribution in [0.4, 0.5) is 4.39 Å². The number of fused-ring (bicyclic) bond motifs is 1. The SMILES string of the molecule is CCCNC(=O)Cn1c(C(=O)OCC)cc2c1ccn2-c1ccc(F)cc1. The summed E-state index contributed by atoms with van der Waals surface area (Å²) in [6.07, 6.45) is 2.66. The molecule has 0 saturated carbocycles. The van der Waals surface area contributed by atoms with Crippen molar-refractivity contribution in [2.24, 2.45) is 0 Å². The Hall–Kier alpha value is -3.09. The van der Waals surface area contributed by atoms with Crippen molar-refractivity contribution in [3.63, 3.8) is 0 Å². The van der Waals surface area contributed by atoms with Crippen LogP contribution in [0.3, 0.4) is 0 Å². The van der Waals surface area contributed by atoms with Gasteiger partial charge in [0.2, 0.25) is 5.91 Å². The van der Waals surface area contributed by atoms with E-state index in [1.807, 2.05) is 23.8 Å². The Kier molecular flexibility index (Phi) is 5.59. The van der Waals surface area contributed by atoms with Crippen molar-refractivity contribution >= 4 is 22.9 Å². The molecule has 0 aliphatic heterocycles. The molecule has 1 amide bonds. The van der Waals surface area contributed by atoms with E-state index in [2.05, 4.69) is 5.32 Å². The normalized spacial score (nSPS) is 10.9. The standard InChI is InChI=1S/C20H22FN3O3/c1-3-10-22-19(25)13-24-16-9-11-23(15-7-5-14(21)6-8-15)17(16)12-18(24)20(26)27-4-2/h5-9,11-12H,3-4,10,13H2,1-2H3,(H,22,25). The van der Waals surface area contributed by atoms with Crippen LogP contribution in [0.15, 0.2) is 42.6 Å². The number of halogens is 1. The largest absolute Gasteiger partial charge is 0.461 e. The fourth-order valence-electron chi connectivity index (χ4n) is 2.98. The highest BCUT2D eigenvalue weighted by Crippen LogP contribution is 2.25. The van der Waals surface area contributed by atoms with Gasteiger partial charge in [0.25, 0.3) is 0 Å². The number of benzene rings is 1. The summed E-state index contributed by atoms with van der Waals surface area (Å²) in [6.45, 7) is 4.55. The van der Waals surface area contributed by atoms with E-state index < -0.39 is 5.97 Å². The minimum absolute atomic E-state index is 0.0189. The molecule has 0 radical (unpaired) electrons. The zero-order chi connectivity index (χ0) is 19.4. The lowest BCUT2D eigenvalue weighted by atomic mass is 10.3. The summed E-state index contributed by atoms with van der Waals surface area (Å²) in [5.41, 5.74) is 2.54. The monoisotopic (exact) mass is 371 g/mol. The summed E-state index contributed by atoms with van der Waals surface area (Å²) in [5.74, 6) is -0.975. The maximum absolute atomic E-state index is 13.2. The van der Waals surface area contributed by atoms with E-state index in [0.717, 1.165) is 23.1 Å². The number of esters is 1. The molecule has 6 nitrogen and oxygen atoms in total. The molecular weight excluding hydrogens is 349 g/mol. The van der Waals surface area contributed by atoms with Gasteiger partial charge in [-0.15, -0.1) is 0 Å². The number of carbonyl (C=O) groups excluding carboxylic acids is 2. The van der Waals surface area contributed by atoms with Gasteiger partial charge in [0, 0.05) is 18.4 Å². The predicted octanol–water partition coefficient (Wildman–Crippen LogP) is 3.27. The number of nitrogens with one attached hydrogen (secondary N) is 1. The van der Waals surface area contributed by atoms with Gasteiger partial charge in [0.15, 0.2) is 0 Å². The van der Waals surface area contributed by atoms with E-state index in [1.165, 1.54) is 12.1 Å². The summed E-state index contributed by atoms with van der Waals surface area (Å²) >= 11 is 0. The van der Waals surface area contributed by atoms with Crippen LogP contribution in [0.25, 0.3) is 16.7 Å². The molecular formula is C20H22FN3O3. The van der Waals surface area contributed by atoms with Gasteiger partial charge < -0.3 is 19.2 Å². The maximum atomic E-state index is 13.2. The molecule has 0 saturated heterocycles. The minimum Gasteiger partial charge on any atom is -0.461 e. The highest BCUT2D eigenvalue weighted by Gasteiger charge is 2.21. The predicted molar refractivity (Wildman–Crippen MR) is 100 cm³/mol. The first kappa shape index (κ1) is 18.7. The second kappa shape index (κ2) is 8.07. The van der Waals surface area contributed by atoms with Crippen molar-refractivity contribution in [2.45, 2.75) is 26.8 Å². The number of amides is 1. The van der Waals surface area contributed by atoms with Gasteiger partial charge >= 0.3 is 5.97 Å². The first-order chi connectivity index (χ1) is 13.0. The average molecular weight is 371 g/mol. The van der Waals surface area contributed by atoms with Gasteiger partial charge in [0.1, 0.15) is 18.1 Å². The molecule has 27 heavy (non-hydrogen) atoms. The van der Waals surface area contributed by atoms with Crippen molar-refractivity contribution in [3.05, 3.63) is 54.1 Å². The van der Waals surface area contributed by atoms with Crippen LogP contribution in [-0.4, -0.2) is 34.2 Å². The molecule has 0 aliphatic rings. The van der Waals surface area contributed by atoms with E-state index >= 15 is 0 Å². The van der Waals surface area contributed by atoms with Crippen LogP contribution in [0.1, 0.15) is 30.8 Å². The second-order valence-corrected chi connectivity index (χ2v) is 6.12. The third-order valence-electron chi connectivity index (χ3n) is 4.22. The smallest absolute Gasteiger partial charge is 0.355 e. The van der Waals surface area contributed by atoms with Gasteiger partial charge in [-0.1, -0.05) is 6.92 Å². The first-order valence-corrected chi connectivity index (χ1v) is 8.95. The number of ether oxygens (including phenoxy) is 1. The summed E-state index contributed by atoms with van der Waals surface area (Å²) in [4.78, 5) is 24.6. The third kappa shape index (κ3) is 3.86. The van der Waals surface area contributed by atoms with Gasteiger partial charge in [-0.25, -0.2) is 9.18 Å². The van der Waals surface area contributed by atoms with Crippen molar-refractivity contribution < 1.29 is 18.7 Å². The van der Waals surface area contributed by atoms with Gasteiger partial charge in [0.05, 0.1) is 17.6 Å². The fourth-order valence-corrected chi connectivity index (χ4v) is 2.98. The molecule has 1 aromatic carbocycles. The lowest BCUT2D eigenvalue weighted by Gasteiger charge is -2.09. The minimum atomic E-state index is -0.484. The van der Waals surface area contributed by atoms with Crippen LogP contribution in [-0.2, 0) is 16.1 Å². The summed E-state index contributed by atoms with van der Waals surface area (Å²) in [6, 6.07) is 9.59. The Morgan fingerprint density at radius 3 is 2.52 bits per heavy atom. The molecule has 0 unspecified atom stereocenters. The lowest BCUT2D eigenvalue weighted by molar-refractivity contribution is -0.121. The highest BCUT2D eigenvalue weighted by molar-refractivity contribution is 5.96. The molecule has 0 spiro atoms. The van der Waals surface area contributed by atoms with E-state index in [0.29, 0.717) is 12.2 Å². The summed E-state index contributed by atoms with van der Waals surface area (Å²) < 4.78 is 21.9. The van der Waals surface area contributed by atoms with Crippen LogP contribution >= 0.6 is 0 Å². The molecule has 2 aromatic heterocycles. The number of rotatable bonds is 7. The Labute approximate surface area is 156 Å². The number of aromatic nitrogens is 2. The molecule has 1 N–H and O–H groups in total. The Morgan fingerprint density at radius 2 is 1.85 bits per heavy atom. The quantitative estimate of drug-likeness (QED) is 0.648. The van der Waals surface area contributed by atoms with Crippen molar-refractivity contribution in [3.8, 4) is 5.69 Å². The molecule has 2 heterocycles. The van der Waals surface area contributed by atoms with Crippen molar-refractivity contribution in [2.75, 3.05) is 13.2 Å². The molecule has 142 valence electrons. The van der Waals surface area contributed by atoms with Crippen LogP contribution in [0, 0.1) is 5.82 Å². The molecule has 0 atom stereocenters. The van der Waals surface area contributed by atoms with E-state index in [4.69, 9.17) is 4.74 Å². The van der Waals surface area contributed by atoms with Gasteiger partial charge in [-0.3, -0.25) is 4.79 Å². The van der Waals surface area contributed by atoms with Crippen LogP contribution in [0.2, 0.25) is 0 Å². The zero-order valence-electron chi connectivity index (χ0n) is 15.4. The van der Waals surface area contributed by atoms with E-state index in [9.17, 15) is 14.0 Å². The molecule has 0 bridgehead atoms. The third-order valence-corrected chi connectivity index (χ3v) is 4.22. The molecule has 3 aromatic rings. The second-order valence-electron chi connectivity index (χ2n) is 6.12. The fraction of sp³-hybridized carbons (Fsp3) is 0.300. The Balaban J connectivity index is 2.05. The lowest BCUT2D eigenvalue weighted by Crippen LogP contribution is -2.29. The Morgan fingerprint density at radius 1 is 1.11 bits per heavy atom. The first-order valence-electron chi connectivity index (χ1n) is 8.95. The average Bonchev–Trinajstić information content (AvgIpc) is 3.21. The molecule has 3 rings (SSSR count). The number of hydrogen-bond donors (Lipinski definition) is 1. The van der Waals surface area contributed by atoms with E-state index in [-0.39, 0.29) is 24.9 Å². The van der Waals surface area contributed by atoms with Crippen LogP contribution in [0.5, 0.6) is 0 Å². The molecule has 0 aliphatic carbocycles.